The van der Waals surface area contributed by atoms with Gasteiger partial charge in [-0.2, -0.15) is 11.3 Å². The Morgan fingerprint density at radius 3 is 2.59 bits per heavy atom. The van der Waals surface area contributed by atoms with Gasteiger partial charge in [-0.1, -0.05) is 36.4 Å². The molecule has 2 aromatic carbocycles. The van der Waals surface area contributed by atoms with E-state index in [4.69, 9.17) is 4.74 Å². The molecule has 2 heterocycles. The SMILES string of the molecule is CNC(=O)[C@]1(Cc2ccc(-c3ccsc3)cc2)CCN(C(=O)Cc2cccc(OC)c2)C1. The maximum absolute atomic E-state index is 13.0. The van der Waals surface area contributed by atoms with E-state index < -0.39 is 5.41 Å². The van der Waals surface area contributed by atoms with Crippen molar-refractivity contribution in [3.8, 4) is 16.9 Å². The molecule has 0 unspecified atom stereocenters. The highest BCUT2D eigenvalue weighted by Gasteiger charge is 2.45. The summed E-state index contributed by atoms with van der Waals surface area (Å²) >= 11 is 1.68. The van der Waals surface area contributed by atoms with Crippen molar-refractivity contribution < 1.29 is 14.3 Å². The summed E-state index contributed by atoms with van der Waals surface area (Å²) in [5.74, 6) is 0.773. The summed E-state index contributed by atoms with van der Waals surface area (Å²) < 4.78 is 5.26. The number of methoxy groups -OCH3 is 1. The van der Waals surface area contributed by atoms with Gasteiger partial charge in [0.1, 0.15) is 5.75 Å². The lowest BCUT2D eigenvalue weighted by molar-refractivity contribution is -0.132. The minimum Gasteiger partial charge on any atom is -0.497 e. The van der Waals surface area contributed by atoms with Gasteiger partial charge in [0.15, 0.2) is 0 Å². The number of hydrogen-bond acceptors (Lipinski definition) is 4. The van der Waals surface area contributed by atoms with E-state index in [1.165, 1.54) is 11.1 Å². The number of amides is 2. The molecule has 4 rings (SSSR count). The molecule has 0 aliphatic carbocycles. The number of likely N-dealkylation sites (tertiary alicyclic amines) is 1. The standard InChI is InChI=1S/C26H28N2O3S/c1-27-25(30)26(16-19-6-8-21(9-7-19)22-10-13-32-17-22)11-12-28(18-26)24(29)15-20-4-3-5-23(14-20)31-2/h3-10,13-14,17H,11-12,15-16,18H2,1-2H3,(H,27,30)/t26-/m0/s1. The lowest BCUT2D eigenvalue weighted by Gasteiger charge is -2.28. The summed E-state index contributed by atoms with van der Waals surface area (Å²) in [6.45, 7) is 1.02. The van der Waals surface area contributed by atoms with Gasteiger partial charge in [0.05, 0.1) is 18.9 Å². The van der Waals surface area contributed by atoms with Crippen LogP contribution in [0.25, 0.3) is 11.1 Å². The topological polar surface area (TPSA) is 58.6 Å². The fraction of sp³-hybridized carbons (Fsp3) is 0.308. The highest BCUT2D eigenvalue weighted by molar-refractivity contribution is 7.08. The average Bonchev–Trinajstić information content (AvgIpc) is 3.50. The van der Waals surface area contributed by atoms with Crippen molar-refractivity contribution in [3.63, 3.8) is 0 Å². The van der Waals surface area contributed by atoms with E-state index in [0.29, 0.717) is 32.4 Å². The molecular formula is C26H28N2O3S. The van der Waals surface area contributed by atoms with E-state index in [-0.39, 0.29) is 11.8 Å². The first kappa shape index (κ1) is 22.1. The Hall–Kier alpha value is -3.12. The number of nitrogens with zero attached hydrogens (tertiary/aromatic N) is 1. The molecule has 1 saturated heterocycles. The molecule has 0 saturated carbocycles. The number of nitrogens with one attached hydrogen (secondary N) is 1. The highest BCUT2D eigenvalue weighted by atomic mass is 32.1. The zero-order valence-electron chi connectivity index (χ0n) is 18.5. The Morgan fingerprint density at radius 2 is 1.91 bits per heavy atom. The predicted octanol–water partition coefficient (Wildman–Crippen LogP) is 4.17. The monoisotopic (exact) mass is 448 g/mol. The smallest absolute Gasteiger partial charge is 0.228 e. The van der Waals surface area contributed by atoms with Crippen LogP contribution in [-0.4, -0.2) is 44.0 Å². The highest BCUT2D eigenvalue weighted by Crippen LogP contribution is 2.35. The Bertz CT molecular complexity index is 1080. The lowest BCUT2D eigenvalue weighted by Crippen LogP contribution is -2.44. The first-order valence-corrected chi connectivity index (χ1v) is 11.7. The molecule has 5 nitrogen and oxygen atoms in total. The van der Waals surface area contributed by atoms with E-state index in [2.05, 4.69) is 46.4 Å². The van der Waals surface area contributed by atoms with E-state index in [9.17, 15) is 9.59 Å². The number of benzene rings is 2. The summed E-state index contributed by atoms with van der Waals surface area (Å²) in [5, 5.41) is 7.03. The predicted molar refractivity (Wildman–Crippen MR) is 128 cm³/mol. The summed E-state index contributed by atoms with van der Waals surface area (Å²) in [6.07, 6.45) is 1.57. The van der Waals surface area contributed by atoms with Crippen molar-refractivity contribution >= 4 is 23.2 Å². The quantitative estimate of drug-likeness (QED) is 0.590. The average molecular weight is 449 g/mol. The van der Waals surface area contributed by atoms with Crippen molar-refractivity contribution in [2.45, 2.75) is 19.3 Å². The maximum Gasteiger partial charge on any atom is 0.228 e. The summed E-state index contributed by atoms with van der Waals surface area (Å²) in [5.41, 5.74) is 3.79. The van der Waals surface area contributed by atoms with Crippen LogP contribution in [0, 0.1) is 5.41 Å². The molecule has 6 heteroatoms. The van der Waals surface area contributed by atoms with E-state index in [1.807, 2.05) is 29.2 Å². The van der Waals surface area contributed by atoms with Crippen molar-refractivity contribution in [2.75, 3.05) is 27.2 Å². The second-order valence-corrected chi connectivity index (χ2v) is 9.12. The molecule has 1 aliphatic rings. The maximum atomic E-state index is 13.0. The van der Waals surface area contributed by atoms with Crippen LogP contribution in [0.4, 0.5) is 0 Å². The van der Waals surface area contributed by atoms with Gasteiger partial charge in [0.2, 0.25) is 11.8 Å². The number of hydrogen-bond donors (Lipinski definition) is 1. The van der Waals surface area contributed by atoms with Crippen LogP contribution in [0.3, 0.4) is 0 Å². The Kier molecular flexibility index (Phi) is 6.61. The summed E-state index contributed by atoms with van der Waals surface area (Å²) in [7, 11) is 3.29. The van der Waals surface area contributed by atoms with Gasteiger partial charge in [-0.25, -0.2) is 0 Å². The van der Waals surface area contributed by atoms with Crippen molar-refractivity contribution in [1.82, 2.24) is 10.2 Å². The zero-order chi connectivity index (χ0) is 22.6. The van der Waals surface area contributed by atoms with Crippen LogP contribution >= 0.6 is 11.3 Å². The van der Waals surface area contributed by atoms with Crippen LogP contribution in [0.2, 0.25) is 0 Å². The van der Waals surface area contributed by atoms with Crippen molar-refractivity contribution in [1.29, 1.82) is 0 Å². The van der Waals surface area contributed by atoms with Gasteiger partial charge in [-0.3, -0.25) is 9.59 Å². The number of ether oxygens (including phenoxy) is 1. The lowest BCUT2D eigenvalue weighted by atomic mass is 9.79. The fourth-order valence-corrected chi connectivity index (χ4v) is 5.13. The second kappa shape index (κ2) is 9.57. The molecule has 32 heavy (non-hydrogen) atoms. The fourth-order valence-electron chi connectivity index (χ4n) is 4.46. The Labute approximate surface area is 193 Å². The third-order valence-electron chi connectivity index (χ3n) is 6.26. The van der Waals surface area contributed by atoms with Crippen LogP contribution in [0.5, 0.6) is 5.75 Å². The first-order chi connectivity index (χ1) is 15.5. The number of carbonyl (C=O) groups excluding carboxylic acids is 2. The molecule has 3 aromatic rings. The second-order valence-electron chi connectivity index (χ2n) is 8.34. The van der Waals surface area contributed by atoms with Crippen LogP contribution in [-0.2, 0) is 22.4 Å². The molecular weight excluding hydrogens is 420 g/mol. The Balaban J connectivity index is 1.47. The van der Waals surface area contributed by atoms with Crippen LogP contribution < -0.4 is 10.1 Å². The number of carbonyl (C=O) groups is 2. The number of rotatable bonds is 7. The molecule has 1 atom stereocenters. The van der Waals surface area contributed by atoms with E-state index in [0.717, 1.165) is 16.9 Å². The van der Waals surface area contributed by atoms with Crippen molar-refractivity contribution in [3.05, 3.63) is 76.5 Å². The van der Waals surface area contributed by atoms with Gasteiger partial charge in [-0.05, 0) is 64.1 Å². The largest absolute Gasteiger partial charge is 0.497 e. The van der Waals surface area contributed by atoms with Gasteiger partial charge in [-0.15, -0.1) is 0 Å². The third kappa shape index (κ3) is 4.70. The molecule has 1 aliphatic heterocycles. The first-order valence-electron chi connectivity index (χ1n) is 10.8. The molecule has 1 N–H and O–H groups in total. The molecule has 0 bridgehead atoms. The number of thiophene rings is 1. The zero-order valence-corrected chi connectivity index (χ0v) is 19.3. The van der Waals surface area contributed by atoms with Gasteiger partial charge < -0.3 is 15.0 Å². The van der Waals surface area contributed by atoms with E-state index in [1.54, 1.807) is 25.5 Å². The molecule has 1 fully saturated rings. The van der Waals surface area contributed by atoms with E-state index >= 15 is 0 Å². The van der Waals surface area contributed by atoms with Crippen molar-refractivity contribution in [2.24, 2.45) is 5.41 Å². The molecule has 1 aromatic heterocycles. The summed E-state index contributed by atoms with van der Waals surface area (Å²) in [6, 6.07) is 18.1. The molecule has 0 radical (unpaired) electrons. The molecule has 166 valence electrons. The van der Waals surface area contributed by atoms with Crippen LogP contribution in [0.15, 0.2) is 65.4 Å². The normalized spacial score (nSPS) is 17.9. The molecule has 2 amide bonds. The van der Waals surface area contributed by atoms with Gasteiger partial charge >= 0.3 is 0 Å². The minimum absolute atomic E-state index is 0.00362. The minimum atomic E-state index is -0.608. The van der Waals surface area contributed by atoms with Gasteiger partial charge in [0.25, 0.3) is 0 Å². The third-order valence-corrected chi connectivity index (χ3v) is 6.94. The van der Waals surface area contributed by atoms with Crippen LogP contribution in [0.1, 0.15) is 17.5 Å². The summed E-state index contributed by atoms with van der Waals surface area (Å²) in [4.78, 5) is 27.8. The van der Waals surface area contributed by atoms with Gasteiger partial charge in [0, 0.05) is 20.1 Å². The Morgan fingerprint density at radius 1 is 1.09 bits per heavy atom. The molecule has 0 spiro atoms.